The molecule has 0 unspecified atom stereocenters. The maximum absolute atomic E-state index is 12.8. The van der Waals surface area contributed by atoms with Gasteiger partial charge in [-0.1, -0.05) is 12.1 Å². The van der Waals surface area contributed by atoms with Crippen molar-refractivity contribution < 1.29 is 28.6 Å². The molecule has 0 atom stereocenters. The molecule has 2 N–H and O–H groups in total. The van der Waals surface area contributed by atoms with E-state index in [1.54, 1.807) is 57.5 Å². The van der Waals surface area contributed by atoms with E-state index in [1.807, 2.05) is 18.2 Å². The minimum atomic E-state index is -1.06. The van der Waals surface area contributed by atoms with E-state index in [0.29, 0.717) is 40.0 Å². The van der Waals surface area contributed by atoms with Gasteiger partial charge in [-0.2, -0.15) is 0 Å². The van der Waals surface area contributed by atoms with E-state index in [-0.39, 0.29) is 11.5 Å². The summed E-state index contributed by atoms with van der Waals surface area (Å²) in [5.74, 6) is 0.981. The standard InChI is InChI=1S/C26H22N2O6/c1-15-21(26(30)31)13-22(34-15)18-7-10-24(27-14-18)28-25(29)17-6-4-5-16(11-17)20-9-8-19(32-2)12-23(20)33-3/h4-14H,1-3H3,(H,30,31)(H,27,28,29). The number of pyridine rings is 1. The van der Waals surface area contributed by atoms with Gasteiger partial charge in [0.05, 0.1) is 14.2 Å². The van der Waals surface area contributed by atoms with Crippen LogP contribution in [0.1, 0.15) is 26.5 Å². The van der Waals surface area contributed by atoms with Gasteiger partial charge in [-0.15, -0.1) is 0 Å². The molecule has 1 amide bonds. The highest BCUT2D eigenvalue weighted by molar-refractivity contribution is 6.04. The average molecular weight is 458 g/mol. The normalized spacial score (nSPS) is 10.6. The molecular weight excluding hydrogens is 436 g/mol. The van der Waals surface area contributed by atoms with Crippen molar-refractivity contribution in [3.8, 4) is 33.9 Å². The van der Waals surface area contributed by atoms with Crippen LogP contribution in [-0.4, -0.2) is 36.2 Å². The summed E-state index contributed by atoms with van der Waals surface area (Å²) in [6, 6.07) is 17.4. The third kappa shape index (κ3) is 4.61. The summed E-state index contributed by atoms with van der Waals surface area (Å²) in [5, 5.41) is 12.0. The van der Waals surface area contributed by atoms with Gasteiger partial charge in [0, 0.05) is 29.0 Å². The Morgan fingerprint density at radius 3 is 2.44 bits per heavy atom. The Bertz CT molecular complexity index is 1360. The van der Waals surface area contributed by atoms with Gasteiger partial charge in [-0.05, 0) is 55.0 Å². The SMILES string of the molecule is COc1ccc(-c2cccc(C(=O)Nc3ccc(-c4cc(C(=O)O)c(C)o4)cn3)c2)c(OC)c1. The minimum Gasteiger partial charge on any atom is -0.497 e. The number of aryl methyl sites for hydroxylation is 1. The molecule has 0 saturated carbocycles. The Hall–Kier alpha value is -4.59. The number of furan rings is 1. The number of aromatic nitrogens is 1. The first-order valence-corrected chi connectivity index (χ1v) is 10.3. The van der Waals surface area contributed by atoms with E-state index in [4.69, 9.17) is 13.9 Å². The first-order chi connectivity index (χ1) is 16.4. The van der Waals surface area contributed by atoms with Gasteiger partial charge < -0.3 is 24.3 Å². The second-order valence-corrected chi connectivity index (χ2v) is 7.42. The Morgan fingerprint density at radius 2 is 1.79 bits per heavy atom. The van der Waals surface area contributed by atoms with Crippen molar-refractivity contribution in [3.63, 3.8) is 0 Å². The van der Waals surface area contributed by atoms with Crippen LogP contribution in [0.2, 0.25) is 0 Å². The Kier molecular flexibility index (Phi) is 6.31. The smallest absolute Gasteiger partial charge is 0.339 e. The van der Waals surface area contributed by atoms with Crippen molar-refractivity contribution in [2.24, 2.45) is 0 Å². The number of aromatic carboxylic acids is 1. The summed E-state index contributed by atoms with van der Waals surface area (Å²) in [5.41, 5.74) is 2.80. The number of carbonyl (C=O) groups excluding carboxylic acids is 1. The number of nitrogens with one attached hydrogen (secondary N) is 1. The van der Waals surface area contributed by atoms with Crippen LogP contribution in [0, 0.1) is 6.92 Å². The quantitative estimate of drug-likeness (QED) is 0.387. The van der Waals surface area contributed by atoms with E-state index in [9.17, 15) is 14.7 Å². The van der Waals surface area contributed by atoms with E-state index >= 15 is 0 Å². The lowest BCUT2D eigenvalue weighted by molar-refractivity contribution is 0.0694. The van der Waals surface area contributed by atoms with Gasteiger partial charge in [-0.25, -0.2) is 9.78 Å². The molecule has 4 rings (SSSR count). The molecule has 8 heteroatoms. The molecule has 8 nitrogen and oxygen atoms in total. The molecule has 2 heterocycles. The number of anilines is 1. The summed E-state index contributed by atoms with van der Waals surface area (Å²) in [6.07, 6.45) is 1.51. The number of amides is 1. The Balaban J connectivity index is 1.53. The molecule has 0 radical (unpaired) electrons. The van der Waals surface area contributed by atoms with Gasteiger partial charge in [0.25, 0.3) is 5.91 Å². The number of hydrogen-bond acceptors (Lipinski definition) is 6. The van der Waals surface area contributed by atoms with Crippen molar-refractivity contribution in [3.05, 3.63) is 83.7 Å². The molecule has 0 fully saturated rings. The zero-order valence-corrected chi connectivity index (χ0v) is 18.8. The Morgan fingerprint density at radius 1 is 0.971 bits per heavy atom. The van der Waals surface area contributed by atoms with Crippen LogP contribution in [0.4, 0.5) is 5.82 Å². The fraction of sp³-hybridized carbons (Fsp3) is 0.115. The number of nitrogens with zero attached hydrogens (tertiary/aromatic N) is 1. The van der Waals surface area contributed by atoms with Crippen molar-refractivity contribution in [2.45, 2.75) is 6.92 Å². The van der Waals surface area contributed by atoms with E-state index in [0.717, 1.165) is 11.1 Å². The molecule has 0 bridgehead atoms. The lowest BCUT2D eigenvalue weighted by Gasteiger charge is -2.12. The fourth-order valence-electron chi connectivity index (χ4n) is 3.50. The minimum absolute atomic E-state index is 0.0979. The highest BCUT2D eigenvalue weighted by Crippen LogP contribution is 2.33. The molecule has 4 aromatic rings. The summed E-state index contributed by atoms with van der Waals surface area (Å²) in [4.78, 5) is 28.3. The van der Waals surface area contributed by atoms with Gasteiger partial charge >= 0.3 is 5.97 Å². The summed E-state index contributed by atoms with van der Waals surface area (Å²) < 4.78 is 16.2. The van der Waals surface area contributed by atoms with Crippen LogP contribution in [0.5, 0.6) is 11.5 Å². The van der Waals surface area contributed by atoms with Crippen LogP contribution < -0.4 is 14.8 Å². The predicted molar refractivity (Wildman–Crippen MR) is 127 cm³/mol. The number of carboxylic acid groups (broad SMARTS) is 1. The predicted octanol–water partition coefficient (Wildman–Crippen LogP) is 5.28. The third-order valence-corrected chi connectivity index (χ3v) is 5.28. The van der Waals surface area contributed by atoms with Gasteiger partial charge in [0.2, 0.25) is 0 Å². The molecule has 172 valence electrons. The summed E-state index contributed by atoms with van der Waals surface area (Å²) >= 11 is 0. The third-order valence-electron chi connectivity index (χ3n) is 5.28. The second kappa shape index (κ2) is 9.50. The molecule has 0 saturated heterocycles. The van der Waals surface area contributed by atoms with Crippen molar-refractivity contribution in [2.75, 3.05) is 19.5 Å². The maximum atomic E-state index is 12.8. The van der Waals surface area contributed by atoms with E-state index in [2.05, 4.69) is 10.3 Å². The summed E-state index contributed by atoms with van der Waals surface area (Å²) in [6.45, 7) is 1.59. The second-order valence-electron chi connectivity index (χ2n) is 7.42. The van der Waals surface area contributed by atoms with Gasteiger partial charge in [0.1, 0.15) is 34.4 Å². The van der Waals surface area contributed by atoms with Gasteiger partial charge in [-0.3, -0.25) is 4.79 Å². The van der Waals surface area contributed by atoms with Crippen molar-refractivity contribution in [1.29, 1.82) is 0 Å². The fourth-order valence-corrected chi connectivity index (χ4v) is 3.50. The monoisotopic (exact) mass is 458 g/mol. The maximum Gasteiger partial charge on any atom is 0.339 e. The zero-order valence-electron chi connectivity index (χ0n) is 18.8. The van der Waals surface area contributed by atoms with Crippen LogP contribution in [0.3, 0.4) is 0 Å². The molecule has 34 heavy (non-hydrogen) atoms. The number of methoxy groups -OCH3 is 2. The molecule has 0 spiro atoms. The first kappa shape index (κ1) is 22.6. The summed E-state index contributed by atoms with van der Waals surface area (Å²) in [7, 11) is 3.17. The number of hydrogen-bond donors (Lipinski definition) is 2. The molecule has 0 aliphatic carbocycles. The van der Waals surface area contributed by atoms with Crippen LogP contribution in [0.15, 0.2) is 71.3 Å². The highest BCUT2D eigenvalue weighted by Gasteiger charge is 2.16. The molecule has 0 aliphatic heterocycles. The molecule has 0 aliphatic rings. The number of carboxylic acids is 1. The van der Waals surface area contributed by atoms with Crippen LogP contribution >= 0.6 is 0 Å². The van der Waals surface area contributed by atoms with Crippen molar-refractivity contribution in [1.82, 2.24) is 4.98 Å². The van der Waals surface area contributed by atoms with Gasteiger partial charge in [0.15, 0.2) is 0 Å². The molecule has 2 aromatic heterocycles. The number of carbonyl (C=O) groups is 2. The van der Waals surface area contributed by atoms with E-state index in [1.165, 1.54) is 12.3 Å². The lowest BCUT2D eigenvalue weighted by atomic mass is 10.0. The number of ether oxygens (including phenoxy) is 2. The van der Waals surface area contributed by atoms with E-state index < -0.39 is 5.97 Å². The molecular formula is C26H22N2O6. The number of rotatable bonds is 7. The largest absolute Gasteiger partial charge is 0.497 e. The van der Waals surface area contributed by atoms with Crippen molar-refractivity contribution >= 4 is 17.7 Å². The number of benzene rings is 2. The van der Waals surface area contributed by atoms with Crippen LogP contribution in [0.25, 0.3) is 22.5 Å². The highest BCUT2D eigenvalue weighted by atomic mass is 16.5. The topological polar surface area (TPSA) is 111 Å². The first-order valence-electron chi connectivity index (χ1n) is 10.3. The lowest BCUT2D eigenvalue weighted by Crippen LogP contribution is -2.12. The zero-order chi connectivity index (χ0) is 24.2. The molecule has 2 aromatic carbocycles. The average Bonchev–Trinajstić information content (AvgIpc) is 3.26. The van der Waals surface area contributed by atoms with Crippen LogP contribution in [-0.2, 0) is 0 Å². The Labute approximate surface area is 195 Å².